The Morgan fingerprint density at radius 1 is 1.44 bits per heavy atom. The predicted octanol–water partition coefficient (Wildman–Crippen LogP) is 2.42. The Morgan fingerprint density at radius 2 is 2.12 bits per heavy atom. The zero-order valence-electron chi connectivity index (χ0n) is 13.6. The Hall–Kier alpha value is -2.68. The van der Waals surface area contributed by atoms with Crippen molar-refractivity contribution in [2.75, 3.05) is 12.4 Å². The highest BCUT2D eigenvalue weighted by Gasteiger charge is 2.40. The first kappa shape index (κ1) is 17.2. The molecule has 25 heavy (non-hydrogen) atoms. The van der Waals surface area contributed by atoms with Crippen molar-refractivity contribution in [3.05, 3.63) is 51.2 Å². The zero-order chi connectivity index (χ0) is 18.1. The van der Waals surface area contributed by atoms with Crippen LogP contribution in [0.1, 0.15) is 25.5 Å². The Kier molecular flexibility index (Phi) is 4.58. The minimum absolute atomic E-state index is 0.0438. The molecule has 0 aliphatic carbocycles. The lowest BCUT2D eigenvalue weighted by molar-refractivity contribution is -0.384. The van der Waals surface area contributed by atoms with Crippen molar-refractivity contribution < 1.29 is 19.2 Å². The summed E-state index contributed by atoms with van der Waals surface area (Å²) in [4.78, 5) is 40.8. The molecule has 2 aliphatic heterocycles. The zero-order valence-corrected chi connectivity index (χ0v) is 14.4. The van der Waals surface area contributed by atoms with Gasteiger partial charge < -0.3 is 4.74 Å². The summed E-state index contributed by atoms with van der Waals surface area (Å²) < 4.78 is 5.13. The molecule has 130 valence electrons. The van der Waals surface area contributed by atoms with Gasteiger partial charge in [-0.2, -0.15) is 0 Å². The number of carbonyl (C=O) groups is 2. The minimum atomic E-state index is -0.662. The molecule has 0 bridgehead atoms. The molecular formula is C16H15N3O5S. The second kappa shape index (κ2) is 6.67. The smallest absolute Gasteiger partial charge is 0.338 e. The van der Waals surface area contributed by atoms with Crippen molar-refractivity contribution in [3.63, 3.8) is 0 Å². The van der Waals surface area contributed by atoms with E-state index < -0.39 is 16.9 Å². The van der Waals surface area contributed by atoms with Gasteiger partial charge in [0, 0.05) is 17.8 Å². The number of hydrogen-bond acceptors (Lipinski definition) is 7. The van der Waals surface area contributed by atoms with E-state index in [1.54, 1.807) is 26.0 Å². The summed E-state index contributed by atoms with van der Waals surface area (Å²) in [5, 5.41) is 11.4. The average molecular weight is 361 g/mol. The maximum Gasteiger partial charge on any atom is 0.338 e. The van der Waals surface area contributed by atoms with Crippen molar-refractivity contribution in [2.45, 2.75) is 19.9 Å². The Morgan fingerprint density at radius 3 is 2.72 bits per heavy atom. The number of benzene rings is 1. The minimum Gasteiger partial charge on any atom is -0.463 e. The quantitative estimate of drug-likeness (QED) is 0.464. The maximum atomic E-state index is 12.5. The maximum absolute atomic E-state index is 12.5. The summed E-state index contributed by atoms with van der Waals surface area (Å²) in [6.07, 6.45) is 0. The molecule has 1 unspecified atom stereocenters. The summed E-state index contributed by atoms with van der Waals surface area (Å²) >= 11 is 1.30. The number of ether oxygens (including phenoxy) is 1. The summed E-state index contributed by atoms with van der Waals surface area (Å²) in [5.74, 6) is -0.416. The van der Waals surface area contributed by atoms with Gasteiger partial charge in [0.05, 0.1) is 22.9 Å². The third-order valence-corrected chi connectivity index (χ3v) is 4.86. The summed E-state index contributed by atoms with van der Waals surface area (Å²) in [7, 11) is 0. The largest absolute Gasteiger partial charge is 0.463 e. The third-order valence-electron chi connectivity index (χ3n) is 3.92. The Labute approximate surface area is 147 Å². The van der Waals surface area contributed by atoms with E-state index in [1.807, 2.05) is 0 Å². The number of fused-ring (bicyclic) bond motifs is 1. The molecule has 0 saturated carbocycles. The molecule has 0 radical (unpaired) electrons. The van der Waals surface area contributed by atoms with Gasteiger partial charge in [-0.1, -0.05) is 11.8 Å². The van der Waals surface area contributed by atoms with Crippen molar-refractivity contribution >= 4 is 34.5 Å². The molecular weight excluding hydrogens is 346 g/mol. The normalized spacial score (nSPS) is 19.6. The van der Waals surface area contributed by atoms with Crippen LogP contribution in [0.3, 0.4) is 0 Å². The van der Waals surface area contributed by atoms with Crippen LogP contribution < -0.4 is 0 Å². The van der Waals surface area contributed by atoms with Crippen LogP contribution in [0, 0.1) is 10.1 Å². The molecule has 0 N–H and O–H groups in total. The number of amides is 1. The van der Waals surface area contributed by atoms with Crippen molar-refractivity contribution in [2.24, 2.45) is 4.99 Å². The number of hydrogen-bond donors (Lipinski definition) is 0. The number of non-ortho nitro benzene ring substituents is 1. The number of nitrogens with zero attached hydrogens (tertiary/aromatic N) is 3. The van der Waals surface area contributed by atoms with Gasteiger partial charge in [-0.05, 0) is 31.5 Å². The number of allylic oxidation sites excluding steroid dienone is 1. The lowest BCUT2D eigenvalue weighted by Crippen LogP contribution is -2.35. The van der Waals surface area contributed by atoms with Gasteiger partial charge in [0.15, 0.2) is 5.17 Å². The molecule has 1 saturated heterocycles. The lowest BCUT2D eigenvalue weighted by Gasteiger charge is -2.29. The number of esters is 1. The lowest BCUT2D eigenvalue weighted by atomic mass is 9.96. The van der Waals surface area contributed by atoms with Crippen LogP contribution in [0.5, 0.6) is 0 Å². The number of rotatable bonds is 4. The second-order valence-electron chi connectivity index (χ2n) is 5.40. The summed E-state index contributed by atoms with van der Waals surface area (Å²) in [5.41, 5.74) is 1.34. The van der Waals surface area contributed by atoms with Gasteiger partial charge in [-0.25, -0.2) is 9.79 Å². The Bertz CT molecular complexity index is 816. The molecule has 2 aliphatic rings. The number of aliphatic imine (C=N–C) groups is 1. The number of nitro benzene ring substituents is 1. The van der Waals surface area contributed by atoms with Gasteiger partial charge in [-0.15, -0.1) is 0 Å². The van der Waals surface area contributed by atoms with E-state index in [0.29, 0.717) is 16.4 Å². The van der Waals surface area contributed by atoms with E-state index in [2.05, 4.69) is 4.99 Å². The number of nitro groups is 1. The monoisotopic (exact) mass is 361 g/mol. The van der Waals surface area contributed by atoms with Crippen molar-refractivity contribution in [1.29, 1.82) is 0 Å². The van der Waals surface area contributed by atoms with Crippen LogP contribution >= 0.6 is 11.8 Å². The molecule has 1 aromatic carbocycles. The highest BCUT2D eigenvalue weighted by molar-refractivity contribution is 8.15. The SMILES string of the molecule is CCOC(=O)C1=C(C)N2C(=O)CSC2=NC1c1ccc([N+](=O)[O-])cc1. The average Bonchev–Trinajstić information content (AvgIpc) is 2.96. The first-order valence-electron chi connectivity index (χ1n) is 7.59. The van der Waals surface area contributed by atoms with Crippen LogP contribution in [-0.2, 0) is 14.3 Å². The predicted molar refractivity (Wildman–Crippen MR) is 91.9 cm³/mol. The van der Waals surface area contributed by atoms with Gasteiger partial charge in [0.1, 0.15) is 6.04 Å². The van der Waals surface area contributed by atoms with Gasteiger partial charge in [0.2, 0.25) is 5.91 Å². The third kappa shape index (κ3) is 3.02. The van der Waals surface area contributed by atoms with E-state index in [4.69, 9.17) is 4.74 Å². The van der Waals surface area contributed by atoms with E-state index >= 15 is 0 Å². The Balaban J connectivity index is 2.07. The topological polar surface area (TPSA) is 102 Å². The van der Waals surface area contributed by atoms with Crippen LogP contribution in [0.2, 0.25) is 0 Å². The molecule has 3 rings (SSSR count). The molecule has 1 fully saturated rings. The fourth-order valence-electron chi connectivity index (χ4n) is 2.77. The van der Waals surface area contributed by atoms with Crippen molar-refractivity contribution in [1.82, 2.24) is 4.90 Å². The van der Waals surface area contributed by atoms with E-state index in [9.17, 15) is 19.7 Å². The first-order valence-corrected chi connectivity index (χ1v) is 8.58. The molecule has 0 aromatic heterocycles. The molecule has 1 amide bonds. The molecule has 1 aromatic rings. The van der Waals surface area contributed by atoms with E-state index in [-0.39, 0.29) is 29.5 Å². The summed E-state index contributed by atoms with van der Waals surface area (Å²) in [6.45, 7) is 3.58. The number of amidine groups is 1. The van der Waals surface area contributed by atoms with Gasteiger partial charge in [-0.3, -0.25) is 19.8 Å². The number of carbonyl (C=O) groups excluding carboxylic acids is 2. The molecule has 1 atom stereocenters. The highest BCUT2D eigenvalue weighted by Crippen LogP contribution is 2.39. The van der Waals surface area contributed by atoms with Crippen LogP contribution in [0.25, 0.3) is 0 Å². The van der Waals surface area contributed by atoms with Crippen LogP contribution in [0.4, 0.5) is 5.69 Å². The van der Waals surface area contributed by atoms with E-state index in [0.717, 1.165) is 0 Å². The fraction of sp³-hybridized carbons (Fsp3) is 0.312. The van der Waals surface area contributed by atoms with Gasteiger partial charge in [0.25, 0.3) is 5.69 Å². The second-order valence-corrected chi connectivity index (χ2v) is 6.34. The van der Waals surface area contributed by atoms with Crippen LogP contribution in [-0.4, -0.2) is 39.2 Å². The standard InChI is InChI=1S/C16H15N3O5S/c1-3-24-15(21)13-9(2)18-12(20)8-25-16(18)17-14(13)10-4-6-11(7-5-10)19(22)23/h4-7,14H,3,8H2,1-2H3. The summed E-state index contributed by atoms with van der Waals surface area (Å²) in [6, 6.07) is 5.21. The molecule has 2 heterocycles. The van der Waals surface area contributed by atoms with Gasteiger partial charge >= 0.3 is 5.97 Å². The van der Waals surface area contributed by atoms with Crippen molar-refractivity contribution in [3.8, 4) is 0 Å². The molecule has 8 nitrogen and oxygen atoms in total. The first-order chi connectivity index (χ1) is 11.9. The van der Waals surface area contributed by atoms with Crippen LogP contribution in [0.15, 0.2) is 40.5 Å². The fourth-order valence-corrected chi connectivity index (χ4v) is 3.70. The van der Waals surface area contributed by atoms with E-state index in [1.165, 1.54) is 28.8 Å². The molecule has 0 spiro atoms. The highest BCUT2D eigenvalue weighted by atomic mass is 32.2. The molecule has 9 heteroatoms. The number of thioether (sulfide) groups is 1.